The van der Waals surface area contributed by atoms with Gasteiger partial charge < -0.3 is 4.90 Å². The second kappa shape index (κ2) is 4.96. The van der Waals surface area contributed by atoms with Gasteiger partial charge in [-0.05, 0) is 19.4 Å². The fraction of sp³-hybridized carbons (Fsp3) is 0.462. The summed E-state index contributed by atoms with van der Waals surface area (Å²) in [6.45, 7) is 7.12. The highest BCUT2D eigenvalue weighted by molar-refractivity contribution is 5.85. The summed E-state index contributed by atoms with van der Waals surface area (Å²) >= 11 is 0. The Labute approximate surface area is 92.4 Å². The number of hydrogen-bond acceptors (Lipinski definition) is 1. The van der Waals surface area contributed by atoms with E-state index in [4.69, 9.17) is 5.41 Å². The molecule has 0 amide bonds. The van der Waals surface area contributed by atoms with Crippen molar-refractivity contribution in [1.82, 2.24) is 4.90 Å². The predicted octanol–water partition coefficient (Wildman–Crippen LogP) is 3.03. The molecule has 0 heterocycles. The molecule has 1 aromatic rings. The van der Waals surface area contributed by atoms with Crippen LogP contribution in [0.3, 0.4) is 0 Å². The Balaban J connectivity index is 2.85. The molecule has 2 nitrogen and oxygen atoms in total. The van der Waals surface area contributed by atoms with Crippen LogP contribution in [0, 0.1) is 12.3 Å². The molecule has 1 unspecified atom stereocenters. The topological polar surface area (TPSA) is 27.1 Å². The van der Waals surface area contributed by atoms with Crippen LogP contribution < -0.4 is 0 Å². The molecule has 0 aromatic heterocycles. The smallest absolute Gasteiger partial charge is 0.103 e. The van der Waals surface area contributed by atoms with Gasteiger partial charge in [0.15, 0.2) is 0 Å². The zero-order valence-electron chi connectivity index (χ0n) is 10.0. The highest BCUT2D eigenvalue weighted by Gasteiger charge is 2.14. The molecule has 1 aromatic carbocycles. The minimum atomic E-state index is 0.176. The monoisotopic (exact) mass is 204 g/mol. The normalized spacial score (nSPS) is 12.3. The molecule has 0 spiro atoms. The van der Waals surface area contributed by atoms with Gasteiger partial charge in [-0.1, -0.05) is 36.8 Å². The summed E-state index contributed by atoms with van der Waals surface area (Å²) in [4.78, 5) is 1.98. The van der Waals surface area contributed by atoms with Crippen LogP contribution in [0.1, 0.15) is 30.9 Å². The van der Waals surface area contributed by atoms with Crippen molar-refractivity contribution in [3.05, 3.63) is 35.4 Å². The summed E-state index contributed by atoms with van der Waals surface area (Å²) in [6, 6.07) is 8.39. The SMILES string of the molecule is CCN(C)C(=N)C(C)c1cccc(C)c1. The number of nitrogens with zero attached hydrogens (tertiary/aromatic N) is 1. The Bertz CT molecular complexity index is 344. The third kappa shape index (κ3) is 2.82. The molecule has 82 valence electrons. The van der Waals surface area contributed by atoms with E-state index in [1.165, 1.54) is 11.1 Å². The lowest BCUT2D eigenvalue weighted by Gasteiger charge is -2.23. The fourth-order valence-corrected chi connectivity index (χ4v) is 1.60. The summed E-state index contributed by atoms with van der Waals surface area (Å²) in [5, 5.41) is 8.03. The highest BCUT2D eigenvalue weighted by atomic mass is 15.1. The highest BCUT2D eigenvalue weighted by Crippen LogP contribution is 2.18. The van der Waals surface area contributed by atoms with Crippen molar-refractivity contribution in [3.8, 4) is 0 Å². The van der Waals surface area contributed by atoms with Crippen LogP contribution in [0.25, 0.3) is 0 Å². The third-order valence-electron chi connectivity index (χ3n) is 2.84. The predicted molar refractivity (Wildman–Crippen MR) is 65.6 cm³/mol. The molecule has 0 aliphatic carbocycles. The largest absolute Gasteiger partial charge is 0.363 e. The lowest BCUT2D eigenvalue weighted by atomic mass is 9.98. The van der Waals surface area contributed by atoms with Gasteiger partial charge in [0.05, 0.1) is 0 Å². The summed E-state index contributed by atoms with van der Waals surface area (Å²) in [5.41, 5.74) is 2.48. The average Bonchev–Trinajstić information content (AvgIpc) is 2.26. The second-order valence-corrected chi connectivity index (χ2v) is 4.04. The van der Waals surface area contributed by atoms with Crippen molar-refractivity contribution in [2.24, 2.45) is 0 Å². The molecule has 0 bridgehead atoms. The molecule has 0 saturated heterocycles. The quantitative estimate of drug-likeness (QED) is 0.594. The number of rotatable bonds is 3. The number of likely N-dealkylation sites (N-methyl/N-ethyl adjacent to an activating group) is 1. The van der Waals surface area contributed by atoms with Crippen molar-refractivity contribution >= 4 is 5.84 Å². The van der Waals surface area contributed by atoms with E-state index in [2.05, 4.69) is 45.0 Å². The first-order valence-electron chi connectivity index (χ1n) is 5.42. The molecule has 0 aliphatic rings. The van der Waals surface area contributed by atoms with Gasteiger partial charge in [0.1, 0.15) is 5.84 Å². The molecule has 15 heavy (non-hydrogen) atoms. The summed E-state index contributed by atoms with van der Waals surface area (Å²) in [7, 11) is 1.97. The van der Waals surface area contributed by atoms with Gasteiger partial charge in [-0.25, -0.2) is 0 Å². The summed E-state index contributed by atoms with van der Waals surface area (Å²) < 4.78 is 0. The molecule has 1 rings (SSSR count). The number of benzene rings is 1. The first-order valence-corrected chi connectivity index (χ1v) is 5.42. The standard InChI is InChI=1S/C13H20N2/c1-5-15(4)13(14)11(3)12-8-6-7-10(2)9-12/h6-9,11,14H,5H2,1-4H3. The maximum atomic E-state index is 8.03. The number of nitrogens with one attached hydrogen (secondary N) is 1. The van der Waals surface area contributed by atoms with Crippen molar-refractivity contribution in [2.45, 2.75) is 26.7 Å². The van der Waals surface area contributed by atoms with E-state index in [9.17, 15) is 0 Å². The maximum absolute atomic E-state index is 8.03. The minimum absolute atomic E-state index is 0.176. The van der Waals surface area contributed by atoms with E-state index < -0.39 is 0 Å². The molecule has 2 heteroatoms. The Hall–Kier alpha value is -1.31. The fourth-order valence-electron chi connectivity index (χ4n) is 1.60. The van der Waals surface area contributed by atoms with Gasteiger partial charge in [-0.3, -0.25) is 5.41 Å². The summed E-state index contributed by atoms with van der Waals surface area (Å²) in [6.07, 6.45) is 0. The van der Waals surface area contributed by atoms with E-state index in [-0.39, 0.29) is 5.92 Å². The lowest BCUT2D eigenvalue weighted by Crippen LogP contribution is -2.29. The van der Waals surface area contributed by atoms with Crippen LogP contribution in [-0.2, 0) is 0 Å². The molecular formula is C13H20N2. The van der Waals surface area contributed by atoms with Crippen LogP contribution in [0.15, 0.2) is 24.3 Å². The van der Waals surface area contributed by atoms with Crippen molar-refractivity contribution in [2.75, 3.05) is 13.6 Å². The van der Waals surface area contributed by atoms with E-state index >= 15 is 0 Å². The van der Waals surface area contributed by atoms with Crippen LogP contribution in [-0.4, -0.2) is 24.3 Å². The van der Waals surface area contributed by atoms with Gasteiger partial charge in [0.25, 0.3) is 0 Å². The van der Waals surface area contributed by atoms with E-state index in [1.807, 2.05) is 11.9 Å². The van der Waals surface area contributed by atoms with E-state index in [1.54, 1.807) is 0 Å². The third-order valence-corrected chi connectivity index (χ3v) is 2.84. The van der Waals surface area contributed by atoms with E-state index in [0.29, 0.717) is 5.84 Å². The van der Waals surface area contributed by atoms with Crippen molar-refractivity contribution in [3.63, 3.8) is 0 Å². The summed E-state index contributed by atoms with van der Waals surface area (Å²) in [5.74, 6) is 0.859. The maximum Gasteiger partial charge on any atom is 0.103 e. The van der Waals surface area contributed by atoms with Gasteiger partial charge in [-0.2, -0.15) is 0 Å². The van der Waals surface area contributed by atoms with Gasteiger partial charge in [0.2, 0.25) is 0 Å². The Morgan fingerprint density at radius 2 is 2.13 bits per heavy atom. The molecule has 1 atom stereocenters. The molecule has 0 radical (unpaired) electrons. The average molecular weight is 204 g/mol. The minimum Gasteiger partial charge on any atom is -0.363 e. The molecule has 0 saturated carbocycles. The van der Waals surface area contributed by atoms with Gasteiger partial charge in [0, 0.05) is 19.5 Å². The van der Waals surface area contributed by atoms with Gasteiger partial charge >= 0.3 is 0 Å². The zero-order valence-corrected chi connectivity index (χ0v) is 10.0. The van der Waals surface area contributed by atoms with Crippen LogP contribution in [0.2, 0.25) is 0 Å². The second-order valence-electron chi connectivity index (χ2n) is 4.04. The van der Waals surface area contributed by atoms with Crippen LogP contribution in [0.4, 0.5) is 0 Å². The number of aryl methyl sites for hydroxylation is 1. The molecule has 0 aliphatic heterocycles. The first kappa shape index (κ1) is 11.8. The van der Waals surface area contributed by atoms with Crippen molar-refractivity contribution < 1.29 is 0 Å². The first-order chi connectivity index (χ1) is 7.06. The molecular weight excluding hydrogens is 184 g/mol. The Morgan fingerprint density at radius 3 is 2.67 bits per heavy atom. The van der Waals surface area contributed by atoms with Crippen molar-refractivity contribution in [1.29, 1.82) is 5.41 Å². The van der Waals surface area contributed by atoms with Gasteiger partial charge in [-0.15, -0.1) is 0 Å². The zero-order chi connectivity index (χ0) is 11.4. The van der Waals surface area contributed by atoms with Crippen LogP contribution >= 0.6 is 0 Å². The molecule has 0 fully saturated rings. The van der Waals surface area contributed by atoms with E-state index in [0.717, 1.165) is 6.54 Å². The molecule has 1 N–H and O–H groups in total. The lowest BCUT2D eigenvalue weighted by molar-refractivity contribution is 0.511. The Morgan fingerprint density at radius 1 is 1.47 bits per heavy atom. The van der Waals surface area contributed by atoms with Crippen LogP contribution in [0.5, 0.6) is 0 Å². The number of hydrogen-bond donors (Lipinski definition) is 1. The Kier molecular flexibility index (Phi) is 3.89. The number of amidine groups is 1.